The van der Waals surface area contributed by atoms with E-state index in [-0.39, 0.29) is 17.2 Å². The molecule has 1 aliphatic heterocycles. The van der Waals surface area contributed by atoms with Gasteiger partial charge in [-0.2, -0.15) is 5.10 Å². The van der Waals surface area contributed by atoms with Crippen LogP contribution < -0.4 is 10.6 Å². The predicted molar refractivity (Wildman–Crippen MR) is 151 cm³/mol. The molecule has 0 bridgehead atoms. The Morgan fingerprint density at radius 2 is 1.45 bits per heavy atom. The van der Waals surface area contributed by atoms with Crippen molar-refractivity contribution in [1.29, 1.82) is 0 Å². The summed E-state index contributed by atoms with van der Waals surface area (Å²) in [4.78, 5) is 28.0. The van der Waals surface area contributed by atoms with Gasteiger partial charge in [-0.1, -0.05) is 24.3 Å². The first-order chi connectivity index (χ1) is 18.1. The first-order valence-electron chi connectivity index (χ1n) is 12.7. The molecule has 0 fully saturated rings. The SMILES string of the molecule is CC1=NN(c2ccc(C)c(C)c2)C(=O)[C@@H]1[C@@H](c1cccc(O)c1)c1c(C)[nH]n(-c2ccc(C)c(C)c2)c1=O. The average Bonchev–Trinajstić information content (AvgIpc) is 3.33. The molecular weight excluding hydrogens is 476 g/mol. The van der Waals surface area contributed by atoms with Gasteiger partial charge in [0.05, 0.1) is 17.3 Å². The molecule has 1 aromatic heterocycles. The second-order valence-corrected chi connectivity index (χ2v) is 10.3. The first-order valence-corrected chi connectivity index (χ1v) is 12.7. The van der Waals surface area contributed by atoms with E-state index in [2.05, 4.69) is 10.2 Å². The first kappa shape index (κ1) is 25.3. The normalized spacial score (nSPS) is 16.2. The average molecular weight is 509 g/mol. The molecule has 3 aromatic carbocycles. The molecule has 5 rings (SSSR count). The van der Waals surface area contributed by atoms with Gasteiger partial charge in [0.1, 0.15) is 5.75 Å². The summed E-state index contributed by atoms with van der Waals surface area (Å²) in [6, 6.07) is 18.4. The predicted octanol–water partition coefficient (Wildman–Crippen LogP) is 5.58. The van der Waals surface area contributed by atoms with E-state index in [1.807, 2.05) is 84.0 Å². The van der Waals surface area contributed by atoms with Crippen LogP contribution in [0.5, 0.6) is 5.75 Å². The minimum absolute atomic E-state index is 0.0706. The van der Waals surface area contributed by atoms with Crippen LogP contribution in [0.1, 0.15) is 51.9 Å². The van der Waals surface area contributed by atoms with Crippen molar-refractivity contribution < 1.29 is 9.90 Å². The van der Waals surface area contributed by atoms with Crippen molar-refractivity contribution in [2.75, 3.05) is 5.01 Å². The number of carbonyl (C=O) groups is 1. The molecule has 2 atom stereocenters. The number of anilines is 1. The van der Waals surface area contributed by atoms with E-state index in [0.717, 1.165) is 27.9 Å². The minimum atomic E-state index is -0.714. The van der Waals surface area contributed by atoms with Crippen LogP contribution in [0.15, 0.2) is 70.6 Å². The lowest BCUT2D eigenvalue weighted by Gasteiger charge is -2.23. The topological polar surface area (TPSA) is 90.7 Å². The van der Waals surface area contributed by atoms with E-state index >= 15 is 0 Å². The Morgan fingerprint density at radius 1 is 0.816 bits per heavy atom. The number of carbonyl (C=O) groups excluding carboxylic acids is 1. The Bertz CT molecular complexity index is 1660. The second-order valence-electron chi connectivity index (χ2n) is 10.3. The van der Waals surface area contributed by atoms with Crippen LogP contribution in [0, 0.1) is 40.5 Å². The third-order valence-corrected chi connectivity index (χ3v) is 7.66. The van der Waals surface area contributed by atoms with Crippen LogP contribution in [0.3, 0.4) is 0 Å². The molecule has 0 aliphatic carbocycles. The highest BCUT2D eigenvalue weighted by atomic mass is 16.3. The van der Waals surface area contributed by atoms with Crippen LogP contribution >= 0.6 is 0 Å². The Kier molecular flexibility index (Phi) is 6.31. The number of rotatable bonds is 5. The van der Waals surface area contributed by atoms with E-state index in [9.17, 15) is 14.7 Å². The Morgan fingerprint density at radius 3 is 2.08 bits per heavy atom. The monoisotopic (exact) mass is 508 g/mol. The van der Waals surface area contributed by atoms with Crippen LogP contribution in [0.4, 0.5) is 5.69 Å². The molecule has 0 saturated heterocycles. The molecule has 0 unspecified atom stereocenters. The van der Waals surface area contributed by atoms with E-state index < -0.39 is 11.8 Å². The number of aromatic amines is 1. The molecule has 7 nitrogen and oxygen atoms in total. The van der Waals surface area contributed by atoms with Crippen molar-refractivity contribution in [3.63, 3.8) is 0 Å². The number of aromatic hydroxyl groups is 1. The third-order valence-electron chi connectivity index (χ3n) is 7.66. The maximum absolute atomic E-state index is 14.0. The lowest BCUT2D eigenvalue weighted by atomic mass is 9.78. The molecule has 0 saturated carbocycles. The van der Waals surface area contributed by atoms with E-state index in [1.54, 1.807) is 18.2 Å². The van der Waals surface area contributed by atoms with Gasteiger partial charge < -0.3 is 5.11 Å². The fraction of sp³-hybridized carbons (Fsp3) is 0.258. The zero-order valence-corrected chi connectivity index (χ0v) is 22.5. The molecule has 1 amide bonds. The molecule has 38 heavy (non-hydrogen) atoms. The zero-order chi connectivity index (χ0) is 27.3. The quantitative estimate of drug-likeness (QED) is 0.369. The third kappa shape index (κ3) is 4.24. The minimum Gasteiger partial charge on any atom is -0.508 e. The van der Waals surface area contributed by atoms with Crippen molar-refractivity contribution in [2.45, 2.75) is 47.5 Å². The molecule has 1 aliphatic rings. The number of aryl methyl sites for hydroxylation is 5. The van der Waals surface area contributed by atoms with Gasteiger partial charge in [0, 0.05) is 22.9 Å². The zero-order valence-electron chi connectivity index (χ0n) is 22.5. The van der Waals surface area contributed by atoms with Gasteiger partial charge in [-0.25, -0.2) is 9.69 Å². The summed E-state index contributed by atoms with van der Waals surface area (Å²) in [6.45, 7) is 11.7. The van der Waals surface area contributed by atoms with Crippen molar-refractivity contribution in [3.8, 4) is 11.4 Å². The molecule has 2 N–H and O–H groups in total. The number of hydrogen-bond donors (Lipinski definition) is 2. The maximum atomic E-state index is 14.0. The summed E-state index contributed by atoms with van der Waals surface area (Å²) in [6.07, 6.45) is 0. The van der Waals surface area contributed by atoms with E-state index in [4.69, 9.17) is 0 Å². The van der Waals surface area contributed by atoms with E-state index in [0.29, 0.717) is 28.2 Å². The van der Waals surface area contributed by atoms with Crippen LogP contribution in [-0.2, 0) is 4.79 Å². The highest BCUT2D eigenvalue weighted by Crippen LogP contribution is 2.39. The maximum Gasteiger partial charge on any atom is 0.275 e. The number of phenols is 1. The molecule has 7 heteroatoms. The number of hydrazone groups is 1. The van der Waals surface area contributed by atoms with E-state index in [1.165, 1.54) is 9.69 Å². The summed E-state index contributed by atoms with van der Waals surface area (Å²) < 4.78 is 1.53. The van der Waals surface area contributed by atoms with Gasteiger partial charge in [-0.15, -0.1) is 0 Å². The Labute approximate surface area is 222 Å². The highest BCUT2D eigenvalue weighted by Gasteiger charge is 2.43. The molecular formula is C31H32N4O3. The Balaban J connectivity index is 1.66. The summed E-state index contributed by atoms with van der Waals surface area (Å²) in [7, 11) is 0. The van der Waals surface area contributed by atoms with Crippen molar-refractivity contribution >= 4 is 17.3 Å². The summed E-state index contributed by atoms with van der Waals surface area (Å²) in [5, 5.41) is 19.6. The van der Waals surface area contributed by atoms with Gasteiger partial charge >= 0.3 is 0 Å². The number of H-pyrrole nitrogens is 1. The van der Waals surface area contributed by atoms with Crippen LogP contribution in [-0.4, -0.2) is 26.5 Å². The molecule has 194 valence electrons. The Hall–Kier alpha value is -4.39. The summed E-state index contributed by atoms with van der Waals surface area (Å²) >= 11 is 0. The van der Waals surface area contributed by atoms with Gasteiger partial charge in [-0.3, -0.25) is 14.7 Å². The largest absolute Gasteiger partial charge is 0.508 e. The van der Waals surface area contributed by atoms with Gasteiger partial charge in [0.15, 0.2) is 0 Å². The molecule has 4 aromatic rings. The van der Waals surface area contributed by atoms with Gasteiger partial charge in [0.25, 0.3) is 11.5 Å². The summed E-state index contributed by atoms with van der Waals surface area (Å²) in [5.41, 5.74) is 8.00. The fourth-order valence-corrected chi connectivity index (χ4v) is 5.22. The summed E-state index contributed by atoms with van der Waals surface area (Å²) in [5.74, 6) is -1.50. The van der Waals surface area contributed by atoms with Crippen LogP contribution in [0.2, 0.25) is 0 Å². The molecule has 0 radical (unpaired) electrons. The van der Waals surface area contributed by atoms with Gasteiger partial charge in [-0.05, 0) is 106 Å². The highest BCUT2D eigenvalue weighted by molar-refractivity contribution is 6.15. The number of nitrogens with zero attached hydrogens (tertiary/aromatic N) is 3. The number of aromatic nitrogens is 2. The smallest absolute Gasteiger partial charge is 0.275 e. The van der Waals surface area contributed by atoms with Crippen molar-refractivity contribution in [3.05, 3.63) is 110 Å². The number of amides is 1. The molecule has 0 spiro atoms. The lowest BCUT2D eigenvalue weighted by molar-refractivity contribution is -0.120. The standard InChI is InChI=1S/C31H32N4O3/c1-17-10-12-24(14-19(17)3)34-30(37)27(21(5)32-34)29(23-8-7-9-26(36)16-23)28-22(6)33-35(31(28)38)25-13-11-18(2)20(4)15-25/h7-16,27,29,33,36H,1-6H3/t27-,29+/m0/s1. The fourth-order valence-electron chi connectivity index (χ4n) is 5.22. The number of benzene rings is 3. The lowest BCUT2D eigenvalue weighted by Crippen LogP contribution is -2.34. The second kappa shape index (κ2) is 9.49. The molecule has 2 heterocycles. The van der Waals surface area contributed by atoms with Crippen molar-refractivity contribution in [1.82, 2.24) is 9.78 Å². The van der Waals surface area contributed by atoms with Crippen LogP contribution in [0.25, 0.3) is 5.69 Å². The number of phenolic OH excluding ortho intramolecular Hbond substituents is 1. The van der Waals surface area contributed by atoms with Gasteiger partial charge in [0.2, 0.25) is 0 Å². The number of hydrogen-bond acceptors (Lipinski definition) is 4. The van der Waals surface area contributed by atoms with Crippen molar-refractivity contribution in [2.24, 2.45) is 11.0 Å². The number of nitrogens with one attached hydrogen (secondary N) is 1.